The average Bonchev–Trinajstić information content (AvgIpc) is 2.98. The third-order valence-electron chi connectivity index (χ3n) is 4.88. The fraction of sp³-hybridized carbons (Fsp3) is 0.867. The van der Waals surface area contributed by atoms with Gasteiger partial charge in [0.2, 0.25) is 5.91 Å². The molecule has 1 atom stereocenters. The normalized spacial score (nSPS) is 22.9. The van der Waals surface area contributed by atoms with Gasteiger partial charge in [0, 0.05) is 19.1 Å². The van der Waals surface area contributed by atoms with Crippen molar-refractivity contribution in [2.45, 2.75) is 51.5 Å². The van der Waals surface area contributed by atoms with Crippen LogP contribution in [-0.4, -0.2) is 47.6 Å². The predicted molar refractivity (Wildman–Crippen MR) is 76.4 cm³/mol. The molecule has 1 aliphatic heterocycles. The van der Waals surface area contributed by atoms with Gasteiger partial charge in [-0.1, -0.05) is 12.8 Å². The van der Waals surface area contributed by atoms with Gasteiger partial charge in [0.25, 0.3) is 0 Å². The van der Waals surface area contributed by atoms with Crippen LogP contribution in [0.3, 0.4) is 0 Å². The molecule has 2 fully saturated rings. The van der Waals surface area contributed by atoms with Crippen molar-refractivity contribution in [3.8, 4) is 0 Å². The van der Waals surface area contributed by atoms with Gasteiger partial charge in [-0.05, 0) is 38.5 Å². The molecule has 5 heteroatoms. The Labute approximate surface area is 120 Å². The lowest BCUT2D eigenvalue weighted by Crippen LogP contribution is -2.46. The molecule has 1 heterocycles. The summed E-state index contributed by atoms with van der Waals surface area (Å²) in [6.07, 6.45) is 6.33. The molecule has 20 heavy (non-hydrogen) atoms. The van der Waals surface area contributed by atoms with E-state index in [4.69, 9.17) is 5.11 Å². The highest BCUT2D eigenvalue weighted by Crippen LogP contribution is 2.27. The van der Waals surface area contributed by atoms with Gasteiger partial charge in [0.15, 0.2) is 0 Å². The Hall–Kier alpha value is -1.10. The van der Waals surface area contributed by atoms with E-state index < -0.39 is 5.97 Å². The highest BCUT2D eigenvalue weighted by molar-refractivity contribution is 5.79. The molecule has 0 bridgehead atoms. The fourth-order valence-corrected chi connectivity index (χ4v) is 3.36. The van der Waals surface area contributed by atoms with Crippen molar-refractivity contribution in [2.75, 3.05) is 19.6 Å². The first kappa shape index (κ1) is 15.3. The summed E-state index contributed by atoms with van der Waals surface area (Å²) in [4.78, 5) is 24.8. The number of hydrogen-bond donors (Lipinski definition) is 2. The number of carboxylic acids is 1. The van der Waals surface area contributed by atoms with Gasteiger partial charge in [-0.15, -0.1) is 0 Å². The number of aliphatic carboxylic acids is 1. The van der Waals surface area contributed by atoms with Crippen LogP contribution in [0.2, 0.25) is 0 Å². The number of likely N-dealkylation sites (tertiary alicyclic amines) is 1. The molecule has 0 unspecified atom stereocenters. The van der Waals surface area contributed by atoms with Gasteiger partial charge in [-0.3, -0.25) is 9.59 Å². The Morgan fingerprint density at radius 3 is 2.35 bits per heavy atom. The van der Waals surface area contributed by atoms with Crippen LogP contribution in [-0.2, 0) is 9.59 Å². The SMILES string of the molecule is C[C@@H](NCC(=O)N1CCC(C(=O)O)CC1)C1CCCC1. The molecule has 0 aromatic rings. The second-order valence-corrected chi connectivity index (χ2v) is 6.21. The van der Waals surface area contributed by atoms with Crippen molar-refractivity contribution >= 4 is 11.9 Å². The van der Waals surface area contributed by atoms with Crippen LogP contribution in [0.15, 0.2) is 0 Å². The highest BCUT2D eigenvalue weighted by atomic mass is 16.4. The Kier molecular flexibility index (Phi) is 5.40. The van der Waals surface area contributed by atoms with Gasteiger partial charge in [-0.25, -0.2) is 0 Å². The first-order chi connectivity index (χ1) is 9.58. The number of carboxylic acid groups (broad SMARTS) is 1. The van der Waals surface area contributed by atoms with Gasteiger partial charge >= 0.3 is 5.97 Å². The van der Waals surface area contributed by atoms with E-state index in [-0.39, 0.29) is 11.8 Å². The lowest BCUT2D eigenvalue weighted by Gasteiger charge is -2.31. The molecule has 0 radical (unpaired) electrons. The molecule has 2 N–H and O–H groups in total. The van der Waals surface area contributed by atoms with E-state index >= 15 is 0 Å². The first-order valence-electron chi connectivity index (χ1n) is 7.82. The maximum Gasteiger partial charge on any atom is 0.306 e. The molecule has 2 aliphatic rings. The predicted octanol–water partition coefficient (Wildman–Crippen LogP) is 1.48. The number of nitrogens with zero attached hydrogens (tertiary/aromatic N) is 1. The quantitative estimate of drug-likeness (QED) is 0.801. The summed E-state index contributed by atoms with van der Waals surface area (Å²) in [5.41, 5.74) is 0. The molecule has 0 spiro atoms. The van der Waals surface area contributed by atoms with E-state index in [1.165, 1.54) is 25.7 Å². The Morgan fingerprint density at radius 1 is 1.20 bits per heavy atom. The van der Waals surface area contributed by atoms with Crippen molar-refractivity contribution < 1.29 is 14.7 Å². The number of amides is 1. The minimum atomic E-state index is -0.731. The molecular weight excluding hydrogens is 256 g/mol. The summed E-state index contributed by atoms with van der Waals surface area (Å²) in [5, 5.41) is 12.3. The van der Waals surface area contributed by atoms with Crippen LogP contribution in [0.25, 0.3) is 0 Å². The summed E-state index contributed by atoms with van der Waals surface area (Å²) < 4.78 is 0. The lowest BCUT2D eigenvalue weighted by molar-refractivity contribution is -0.145. The standard InChI is InChI=1S/C15H26N2O3/c1-11(12-4-2-3-5-12)16-10-14(18)17-8-6-13(7-9-17)15(19)20/h11-13,16H,2-10H2,1H3,(H,19,20)/t11-/m1/s1. The molecule has 1 aliphatic carbocycles. The first-order valence-corrected chi connectivity index (χ1v) is 7.82. The van der Waals surface area contributed by atoms with Crippen LogP contribution in [0.5, 0.6) is 0 Å². The Balaban J connectivity index is 1.68. The molecule has 1 saturated heterocycles. The molecule has 5 nitrogen and oxygen atoms in total. The van der Waals surface area contributed by atoms with Gasteiger partial charge in [0.05, 0.1) is 12.5 Å². The Bertz CT molecular complexity index is 345. The molecule has 0 aromatic carbocycles. The largest absolute Gasteiger partial charge is 0.481 e. The smallest absolute Gasteiger partial charge is 0.306 e. The minimum absolute atomic E-state index is 0.110. The van der Waals surface area contributed by atoms with Crippen molar-refractivity contribution in [1.29, 1.82) is 0 Å². The van der Waals surface area contributed by atoms with E-state index in [9.17, 15) is 9.59 Å². The lowest BCUT2D eigenvalue weighted by atomic mass is 9.97. The summed E-state index contributed by atoms with van der Waals surface area (Å²) in [5.74, 6) is -0.186. The second-order valence-electron chi connectivity index (χ2n) is 6.21. The fourth-order valence-electron chi connectivity index (χ4n) is 3.36. The monoisotopic (exact) mass is 282 g/mol. The number of carbonyl (C=O) groups excluding carboxylic acids is 1. The summed E-state index contributed by atoms with van der Waals surface area (Å²) in [7, 11) is 0. The molecule has 0 aromatic heterocycles. The van der Waals surface area contributed by atoms with Crippen LogP contribution in [0.4, 0.5) is 0 Å². The zero-order valence-electron chi connectivity index (χ0n) is 12.3. The van der Waals surface area contributed by atoms with Crippen LogP contribution >= 0.6 is 0 Å². The number of rotatable bonds is 5. The van der Waals surface area contributed by atoms with Crippen molar-refractivity contribution in [1.82, 2.24) is 10.2 Å². The molecule has 1 saturated carbocycles. The molecule has 2 rings (SSSR count). The maximum absolute atomic E-state index is 12.1. The Morgan fingerprint density at radius 2 is 1.80 bits per heavy atom. The number of carbonyl (C=O) groups is 2. The van der Waals surface area contributed by atoms with E-state index in [1.54, 1.807) is 4.90 Å². The number of piperidine rings is 1. The third kappa shape index (κ3) is 3.95. The van der Waals surface area contributed by atoms with Crippen LogP contribution < -0.4 is 5.32 Å². The van der Waals surface area contributed by atoms with E-state index in [2.05, 4.69) is 12.2 Å². The summed E-state index contributed by atoms with van der Waals surface area (Å²) in [6.45, 7) is 3.71. The summed E-state index contributed by atoms with van der Waals surface area (Å²) >= 11 is 0. The topological polar surface area (TPSA) is 69.6 Å². The zero-order valence-corrected chi connectivity index (χ0v) is 12.3. The van der Waals surface area contributed by atoms with Crippen molar-refractivity contribution in [2.24, 2.45) is 11.8 Å². The van der Waals surface area contributed by atoms with E-state index in [0.29, 0.717) is 44.4 Å². The highest BCUT2D eigenvalue weighted by Gasteiger charge is 2.27. The van der Waals surface area contributed by atoms with Gasteiger partial charge < -0.3 is 15.3 Å². The summed E-state index contributed by atoms with van der Waals surface area (Å²) in [6, 6.07) is 0.401. The van der Waals surface area contributed by atoms with Crippen molar-refractivity contribution in [3.63, 3.8) is 0 Å². The minimum Gasteiger partial charge on any atom is -0.481 e. The molecule has 114 valence electrons. The van der Waals surface area contributed by atoms with Crippen molar-refractivity contribution in [3.05, 3.63) is 0 Å². The van der Waals surface area contributed by atoms with Crippen LogP contribution in [0.1, 0.15) is 45.4 Å². The van der Waals surface area contributed by atoms with Gasteiger partial charge in [-0.2, -0.15) is 0 Å². The van der Waals surface area contributed by atoms with Crippen LogP contribution in [0, 0.1) is 11.8 Å². The van der Waals surface area contributed by atoms with Gasteiger partial charge in [0.1, 0.15) is 0 Å². The average molecular weight is 282 g/mol. The van der Waals surface area contributed by atoms with E-state index in [0.717, 1.165) is 0 Å². The zero-order chi connectivity index (χ0) is 14.5. The second kappa shape index (κ2) is 7.07. The van der Waals surface area contributed by atoms with E-state index in [1.807, 2.05) is 0 Å². The molecular formula is C15H26N2O3. The third-order valence-corrected chi connectivity index (χ3v) is 4.88. The maximum atomic E-state index is 12.1. The number of nitrogens with one attached hydrogen (secondary N) is 1. The number of hydrogen-bond acceptors (Lipinski definition) is 3. The molecule has 1 amide bonds.